The Morgan fingerprint density at radius 3 is 1.18 bits per heavy atom. The van der Waals surface area contributed by atoms with E-state index in [1.165, 1.54) is 0 Å². The molecule has 8 nitrogen and oxygen atoms in total. The molecule has 0 aromatic rings. The van der Waals surface area contributed by atoms with Gasteiger partial charge in [0.2, 0.25) is 0 Å². The maximum absolute atomic E-state index is 13.4. The number of carboxylic acids is 2. The highest BCUT2D eigenvalue weighted by Crippen LogP contribution is 2.35. The van der Waals surface area contributed by atoms with Crippen molar-refractivity contribution in [3.63, 3.8) is 0 Å². The van der Waals surface area contributed by atoms with E-state index >= 15 is 0 Å². The van der Waals surface area contributed by atoms with Crippen LogP contribution in [0.5, 0.6) is 0 Å². The fraction of sp³-hybridized carbons (Fsp3) is 0.600. The lowest BCUT2D eigenvalue weighted by molar-refractivity contribution is -0.212. The van der Waals surface area contributed by atoms with Gasteiger partial charge in [-0.3, -0.25) is 19.2 Å². The number of carbonyl (C=O) groups excluding carboxylic acids is 2. The van der Waals surface area contributed by atoms with Crippen molar-refractivity contribution in [3.05, 3.63) is 0 Å². The van der Waals surface area contributed by atoms with Crippen LogP contribution in [-0.2, 0) is 19.2 Å². The molecule has 4 N–H and O–H groups in total. The van der Waals surface area contributed by atoms with Gasteiger partial charge in [0.05, 0.1) is 0 Å². The zero-order valence-electron chi connectivity index (χ0n) is 11.2. The molecule has 0 spiro atoms. The van der Waals surface area contributed by atoms with Crippen molar-refractivity contribution < 1.29 is 47.0 Å². The van der Waals surface area contributed by atoms with E-state index in [0.29, 0.717) is 0 Å². The SMILES string of the molecule is C[C@H](NC(=O)C(F)(F)C(F)(F)C(=O)N[C@@H](C)C(=O)O)C(=O)O. The smallest absolute Gasteiger partial charge is 0.395 e. The molecule has 126 valence electrons. The van der Waals surface area contributed by atoms with E-state index < -0.39 is 47.7 Å². The van der Waals surface area contributed by atoms with Gasteiger partial charge in [0.25, 0.3) is 11.8 Å². The number of aliphatic carboxylic acids is 2. The van der Waals surface area contributed by atoms with Gasteiger partial charge in [-0.25, -0.2) is 0 Å². The topological polar surface area (TPSA) is 133 Å². The van der Waals surface area contributed by atoms with Crippen molar-refractivity contribution in [1.82, 2.24) is 10.6 Å². The molecule has 22 heavy (non-hydrogen) atoms. The van der Waals surface area contributed by atoms with Crippen molar-refractivity contribution >= 4 is 23.8 Å². The molecule has 0 aliphatic heterocycles. The number of halogens is 4. The lowest BCUT2D eigenvalue weighted by Gasteiger charge is -2.26. The number of rotatable bonds is 7. The average molecular weight is 332 g/mol. The minimum absolute atomic E-state index is 0.737. The Hall–Kier alpha value is -2.40. The Morgan fingerprint density at radius 2 is 1.00 bits per heavy atom. The first kappa shape index (κ1) is 19.6. The molecule has 0 rings (SSSR count). The van der Waals surface area contributed by atoms with Gasteiger partial charge in [-0.1, -0.05) is 0 Å². The predicted molar refractivity (Wildman–Crippen MR) is 60.4 cm³/mol. The second-order valence-electron chi connectivity index (χ2n) is 4.22. The molecule has 0 aliphatic rings. The zero-order chi connectivity index (χ0) is 17.9. The van der Waals surface area contributed by atoms with Crippen LogP contribution >= 0.6 is 0 Å². The number of hydrogen-bond donors (Lipinski definition) is 4. The molecule has 0 aromatic heterocycles. The van der Waals surface area contributed by atoms with Crippen LogP contribution in [0, 0.1) is 0 Å². The van der Waals surface area contributed by atoms with Gasteiger partial charge in [-0.2, -0.15) is 17.6 Å². The summed E-state index contributed by atoms with van der Waals surface area (Å²) in [5.41, 5.74) is 0. The van der Waals surface area contributed by atoms with Gasteiger partial charge in [0.15, 0.2) is 0 Å². The van der Waals surface area contributed by atoms with Crippen LogP contribution in [0.3, 0.4) is 0 Å². The summed E-state index contributed by atoms with van der Waals surface area (Å²) in [7, 11) is 0. The Balaban J connectivity index is 5.21. The molecular weight excluding hydrogens is 320 g/mol. The summed E-state index contributed by atoms with van der Waals surface area (Å²) in [6.45, 7) is 1.47. The van der Waals surface area contributed by atoms with E-state index in [2.05, 4.69) is 0 Å². The number of carbonyl (C=O) groups is 4. The van der Waals surface area contributed by atoms with Crippen molar-refractivity contribution in [1.29, 1.82) is 0 Å². The number of nitrogens with one attached hydrogen (secondary N) is 2. The van der Waals surface area contributed by atoms with Crippen molar-refractivity contribution in [2.75, 3.05) is 0 Å². The normalized spacial score (nSPS) is 14.6. The Bertz CT molecular complexity index is 452. The average Bonchev–Trinajstić information content (AvgIpc) is 2.37. The molecule has 0 aromatic carbocycles. The molecular formula is C10H12F4N2O6. The van der Waals surface area contributed by atoms with Gasteiger partial charge in [-0.15, -0.1) is 0 Å². The zero-order valence-corrected chi connectivity index (χ0v) is 11.2. The summed E-state index contributed by atoms with van der Waals surface area (Å²) in [4.78, 5) is 42.8. The minimum atomic E-state index is -5.58. The van der Waals surface area contributed by atoms with Crippen LogP contribution in [-0.4, -0.2) is 57.9 Å². The predicted octanol–water partition coefficient (Wildman–Crippen LogP) is -0.564. The molecule has 0 saturated carbocycles. The highest BCUT2D eigenvalue weighted by atomic mass is 19.3. The van der Waals surface area contributed by atoms with Gasteiger partial charge in [0, 0.05) is 0 Å². The van der Waals surface area contributed by atoms with E-state index in [-0.39, 0.29) is 0 Å². The van der Waals surface area contributed by atoms with Crippen molar-refractivity contribution in [2.24, 2.45) is 0 Å². The first-order valence-electron chi connectivity index (χ1n) is 5.58. The molecule has 2 atom stereocenters. The molecule has 0 aliphatic carbocycles. The monoisotopic (exact) mass is 332 g/mol. The lowest BCUT2D eigenvalue weighted by atomic mass is 10.1. The summed E-state index contributed by atoms with van der Waals surface area (Å²) >= 11 is 0. The Morgan fingerprint density at radius 1 is 0.773 bits per heavy atom. The third-order valence-electron chi connectivity index (χ3n) is 2.40. The van der Waals surface area contributed by atoms with Crippen LogP contribution in [0.15, 0.2) is 0 Å². The minimum Gasteiger partial charge on any atom is -0.480 e. The van der Waals surface area contributed by atoms with E-state index in [1.54, 1.807) is 0 Å². The Labute approximate surface area is 120 Å². The standard InChI is InChI=1S/C10H12F4N2O6/c1-3(5(17)18)15-7(21)9(11,12)10(13,14)8(22)16-4(2)6(19)20/h3-4H,1-2H3,(H,15,21)(H,16,22)(H,17,18)(H,19,20)/t3-,4-/m0/s1. The van der Waals surface area contributed by atoms with Gasteiger partial charge >= 0.3 is 23.8 Å². The summed E-state index contributed by atoms with van der Waals surface area (Å²) < 4.78 is 53.4. The Kier molecular flexibility index (Phi) is 5.86. The number of amides is 2. The molecule has 0 saturated heterocycles. The molecule has 2 amide bonds. The molecule has 0 fully saturated rings. The van der Waals surface area contributed by atoms with Gasteiger partial charge in [-0.05, 0) is 13.8 Å². The van der Waals surface area contributed by atoms with Crippen LogP contribution in [0.2, 0.25) is 0 Å². The fourth-order valence-corrected chi connectivity index (χ4v) is 0.983. The lowest BCUT2D eigenvalue weighted by Crippen LogP contribution is -2.62. The third kappa shape index (κ3) is 4.05. The summed E-state index contributed by atoms with van der Waals surface area (Å²) in [5.74, 6) is -20.1. The summed E-state index contributed by atoms with van der Waals surface area (Å²) in [6.07, 6.45) is 0. The van der Waals surface area contributed by atoms with Crippen LogP contribution in [0.25, 0.3) is 0 Å². The molecule has 0 unspecified atom stereocenters. The highest BCUT2D eigenvalue weighted by molar-refractivity contribution is 5.97. The largest absolute Gasteiger partial charge is 0.480 e. The first-order valence-corrected chi connectivity index (χ1v) is 5.58. The van der Waals surface area contributed by atoms with E-state index in [9.17, 15) is 36.7 Å². The quantitative estimate of drug-likeness (QED) is 0.462. The number of alkyl halides is 4. The summed E-state index contributed by atoms with van der Waals surface area (Å²) in [6, 6.07) is -3.81. The first-order chi connectivity index (χ1) is 9.75. The molecule has 0 bridgehead atoms. The number of carboxylic acid groups (broad SMARTS) is 2. The second kappa shape index (κ2) is 6.58. The maximum atomic E-state index is 13.4. The molecule has 0 heterocycles. The van der Waals surface area contributed by atoms with E-state index in [4.69, 9.17) is 10.2 Å². The van der Waals surface area contributed by atoms with Crippen molar-refractivity contribution in [3.8, 4) is 0 Å². The van der Waals surface area contributed by atoms with Gasteiger partial charge < -0.3 is 20.8 Å². The van der Waals surface area contributed by atoms with Gasteiger partial charge in [0.1, 0.15) is 12.1 Å². The van der Waals surface area contributed by atoms with Crippen LogP contribution in [0.4, 0.5) is 17.6 Å². The third-order valence-corrected chi connectivity index (χ3v) is 2.40. The maximum Gasteiger partial charge on any atom is 0.395 e. The second-order valence-corrected chi connectivity index (χ2v) is 4.22. The van der Waals surface area contributed by atoms with Crippen molar-refractivity contribution in [2.45, 2.75) is 37.8 Å². The molecule has 0 radical (unpaired) electrons. The highest BCUT2D eigenvalue weighted by Gasteiger charge is 2.67. The number of hydrogen-bond acceptors (Lipinski definition) is 4. The van der Waals surface area contributed by atoms with Crippen LogP contribution < -0.4 is 10.6 Å². The molecule has 12 heteroatoms. The fourth-order valence-electron chi connectivity index (χ4n) is 0.983. The van der Waals surface area contributed by atoms with Crippen LogP contribution in [0.1, 0.15) is 13.8 Å². The summed E-state index contributed by atoms with van der Waals surface area (Å²) in [5, 5.41) is 19.0. The van der Waals surface area contributed by atoms with E-state index in [0.717, 1.165) is 24.5 Å². The van der Waals surface area contributed by atoms with E-state index in [1.807, 2.05) is 0 Å².